The van der Waals surface area contributed by atoms with Crippen LogP contribution in [0.1, 0.15) is 53.4 Å². The maximum absolute atomic E-state index is 12.8. The van der Waals surface area contributed by atoms with Gasteiger partial charge in [-0.2, -0.15) is 11.8 Å². The number of rotatable bonds is 6. The number of nitrogens with zero attached hydrogens (tertiary/aromatic N) is 1. The fourth-order valence-electron chi connectivity index (χ4n) is 3.61. The summed E-state index contributed by atoms with van der Waals surface area (Å²) in [6.07, 6.45) is 5.50. The Hall–Kier alpha value is -0.220. The van der Waals surface area contributed by atoms with Crippen LogP contribution in [0.5, 0.6) is 0 Å². The summed E-state index contributed by atoms with van der Waals surface area (Å²) in [7, 11) is 0. The lowest BCUT2D eigenvalue weighted by atomic mass is 10.0. The normalized spacial score (nSPS) is 29.6. The molecule has 3 unspecified atom stereocenters. The van der Waals surface area contributed by atoms with Crippen LogP contribution in [0.4, 0.5) is 0 Å². The van der Waals surface area contributed by atoms with Gasteiger partial charge in [-0.1, -0.05) is 33.6 Å². The standard InChI is InChI=1S/C16H30N2OS/c1-5-20-10-12(4)18-15(13-8-6-7-9-13)17-14(11(2)3)16(18)19/h11-15,17H,5-10H2,1-4H3. The summed E-state index contributed by atoms with van der Waals surface area (Å²) in [6, 6.07) is 0.365. The number of hydrogen-bond acceptors (Lipinski definition) is 3. The van der Waals surface area contributed by atoms with Crippen molar-refractivity contribution in [2.75, 3.05) is 11.5 Å². The number of amides is 1. The Morgan fingerprint density at radius 1 is 1.30 bits per heavy atom. The third kappa shape index (κ3) is 3.33. The summed E-state index contributed by atoms with van der Waals surface area (Å²) >= 11 is 1.94. The molecule has 20 heavy (non-hydrogen) atoms. The van der Waals surface area contributed by atoms with E-state index in [0.29, 0.717) is 23.8 Å². The molecule has 0 spiro atoms. The summed E-state index contributed by atoms with van der Waals surface area (Å²) in [4.78, 5) is 15.0. The summed E-state index contributed by atoms with van der Waals surface area (Å²) in [5.74, 6) is 3.56. The Morgan fingerprint density at radius 3 is 2.50 bits per heavy atom. The van der Waals surface area contributed by atoms with Crippen molar-refractivity contribution in [2.24, 2.45) is 11.8 Å². The first-order chi connectivity index (χ1) is 9.56. The minimum atomic E-state index is 0.0228. The molecule has 0 aromatic carbocycles. The Bertz CT molecular complexity index is 328. The van der Waals surface area contributed by atoms with Crippen LogP contribution in [0.25, 0.3) is 0 Å². The topological polar surface area (TPSA) is 32.3 Å². The van der Waals surface area contributed by atoms with Crippen LogP contribution in [-0.4, -0.2) is 40.6 Å². The molecular weight excluding hydrogens is 268 g/mol. The first kappa shape index (κ1) is 16.2. The van der Waals surface area contributed by atoms with Gasteiger partial charge in [0.1, 0.15) is 0 Å². The van der Waals surface area contributed by atoms with Crippen molar-refractivity contribution >= 4 is 17.7 Å². The fraction of sp³-hybridized carbons (Fsp3) is 0.938. The molecule has 2 fully saturated rings. The van der Waals surface area contributed by atoms with Gasteiger partial charge in [0.05, 0.1) is 12.2 Å². The predicted molar refractivity (Wildman–Crippen MR) is 86.8 cm³/mol. The zero-order chi connectivity index (χ0) is 14.7. The number of hydrogen-bond donors (Lipinski definition) is 1. The molecule has 3 atom stereocenters. The second-order valence-corrected chi connectivity index (χ2v) is 7.95. The van der Waals surface area contributed by atoms with E-state index in [9.17, 15) is 4.79 Å². The molecule has 0 bridgehead atoms. The molecule has 1 amide bonds. The monoisotopic (exact) mass is 298 g/mol. The maximum Gasteiger partial charge on any atom is 0.241 e. The van der Waals surface area contributed by atoms with Crippen molar-refractivity contribution in [1.82, 2.24) is 10.2 Å². The summed E-state index contributed by atoms with van der Waals surface area (Å²) in [5, 5.41) is 3.66. The van der Waals surface area contributed by atoms with Crippen LogP contribution < -0.4 is 5.32 Å². The van der Waals surface area contributed by atoms with E-state index in [2.05, 4.69) is 37.9 Å². The molecule has 116 valence electrons. The molecule has 2 rings (SSSR count). The summed E-state index contributed by atoms with van der Waals surface area (Å²) < 4.78 is 0. The van der Waals surface area contributed by atoms with Crippen LogP contribution in [0, 0.1) is 11.8 Å². The van der Waals surface area contributed by atoms with Crippen molar-refractivity contribution in [3.8, 4) is 0 Å². The smallest absolute Gasteiger partial charge is 0.241 e. The molecule has 0 aromatic heterocycles. The van der Waals surface area contributed by atoms with Gasteiger partial charge in [0, 0.05) is 11.8 Å². The van der Waals surface area contributed by atoms with E-state index in [1.54, 1.807) is 0 Å². The van der Waals surface area contributed by atoms with E-state index in [1.165, 1.54) is 25.7 Å². The molecule has 1 aliphatic heterocycles. The molecule has 1 heterocycles. The van der Waals surface area contributed by atoms with Crippen LogP contribution in [0.2, 0.25) is 0 Å². The van der Waals surface area contributed by atoms with Gasteiger partial charge < -0.3 is 4.90 Å². The molecule has 1 saturated carbocycles. The first-order valence-corrected chi connectivity index (χ1v) is 9.37. The van der Waals surface area contributed by atoms with Gasteiger partial charge in [0.15, 0.2) is 0 Å². The van der Waals surface area contributed by atoms with Crippen molar-refractivity contribution in [1.29, 1.82) is 0 Å². The minimum absolute atomic E-state index is 0.0228. The number of thioether (sulfide) groups is 1. The summed E-state index contributed by atoms with van der Waals surface area (Å²) in [6.45, 7) is 8.70. The largest absolute Gasteiger partial charge is 0.322 e. The van der Waals surface area contributed by atoms with Gasteiger partial charge in [-0.25, -0.2) is 0 Å². The van der Waals surface area contributed by atoms with E-state index >= 15 is 0 Å². The van der Waals surface area contributed by atoms with Crippen LogP contribution >= 0.6 is 11.8 Å². The Labute approximate surface area is 128 Å². The highest BCUT2D eigenvalue weighted by Crippen LogP contribution is 2.34. The molecular formula is C16H30N2OS. The number of carbonyl (C=O) groups is 1. The van der Waals surface area contributed by atoms with Crippen molar-refractivity contribution < 1.29 is 4.79 Å². The second kappa shape index (κ2) is 7.17. The molecule has 1 aliphatic carbocycles. The van der Waals surface area contributed by atoms with E-state index < -0.39 is 0 Å². The predicted octanol–water partition coefficient (Wildman–Crippen LogP) is 3.10. The highest BCUT2D eigenvalue weighted by Gasteiger charge is 2.45. The highest BCUT2D eigenvalue weighted by molar-refractivity contribution is 7.99. The third-order valence-electron chi connectivity index (χ3n) is 4.72. The lowest BCUT2D eigenvalue weighted by Crippen LogP contribution is -2.48. The maximum atomic E-state index is 12.8. The minimum Gasteiger partial charge on any atom is -0.322 e. The molecule has 0 aromatic rings. The quantitative estimate of drug-likeness (QED) is 0.818. The number of carbonyl (C=O) groups excluding carboxylic acids is 1. The van der Waals surface area contributed by atoms with Crippen molar-refractivity contribution in [2.45, 2.75) is 71.6 Å². The van der Waals surface area contributed by atoms with Gasteiger partial charge in [-0.05, 0) is 37.4 Å². The van der Waals surface area contributed by atoms with E-state index in [-0.39, 0.29) is 12.2 Å². The number of nitrogens with one attached hydrogen (secondary N) is 1. The first-order valence-electron chi connectivity index (χ1n) is 8.22. The Balaban J connectivity index is 2.11. The third-order valence-corrected chi connectivity index (χ3v) is 5.85. The molecule has 2 aliphatic rings. The molecule has 1 saturated heterocycles. The Morgan fingerprint density at radius 2 is 1.95 bits per heavy atom. The highest BCUT2D eigenvalue weighted by atomic mass is 32.2. The lowest BCUT2D eigenvalue weighted by molar-refractivity contribution is -0.132. The van der Waals surface area contributed by atoms with Gasteiger partial charge >= 0.3 is 0 Å². The molecule has 1 N–H and O–H groups in total. The van der Waals surface area contributed by atoms with Crippen LogP contribution in [-0.2, 0) is 4.79 Å². The van der Waals surface area contributed by atoms with Gasteiger partial charge in [-0.3, -0.25) is 10.1 Å². The molecule has 4 heteroatoms. The fourth-order valence-corrected chi connectivity index (χ4v) is 4.34. The van der Waals surface area contributed by atoms with Crippen LogP contribution in [0.3, 0.4) is 0 Å². The van der Waals surface area contributed by atoms with E-state index in [1.807, 2.05) is 11.8 Å². The van der Waals surface area contributed by atoms with E-state index in [0.717, 1.165) is 11.5 Å². The second-order valence-electron chi connectivity index (χ2n) is 6.63. The van der Waals surface area contributed by atoms with Crippen molar-refractivity contribution in [3.63, 3.8) is 0 Å². The zero-order valence-corrected chi connectivity index (χ0v) is 14.2. The van der Waals surface area contributed by atoms with Crippen molar-refractivity contribution in [3.05, 3.63) is 0 Å². The van der Waals surface area contributed by atoms with Gasteiger partial charge in [0.2, 0.25) is 5.91 Å². The molecule has 0 radical (unpaired) electrons. The van der Waals surface area contributed by atoms with Gasteiger partial charge in [0.25, 0.3) is 0 Å². The zero-order valence-electron chi connectivity index (χ0n) is 13.4. The average molecular weight is 298 g/mol. The average Bonchev–Trinajstić information content (AvgIpc) is 3.02. The van der Waals surface area contributed by atoms with Gasteiger partial charge in [-0.15, -0.1) is 0 Å². The van der Waals surface area contributed by atoms with E-state index in [4.69, 9.17) is 0 Å². The summed E-state index contributed by atoms with van der Waals surface area (Å²) in [5.41, 5.74) is 0. The Kier molecular flexibility index (Phi) is 5.79. The lowest BCUT2D eigenvalue weighted by Gasteiger charge is -2.33. The SMILES string of the molecule is CCSCC(C)N1C(=O)C(C(C)C)NC1C1CCCC1. The molecule has 3 nitrogen and oxygen atoms in total. The van der Waals surface area contributed by atoms with Crippen LogP contribution in [0.15, 0.2) is 0 Å².